The SMILES string of the molecule is Nc1nc2c(c(=O)[nH]1)CN(Cc1cccnc1N)CC2. The van der Waals surface area contributed by atoms with E-state index in [4.69, 9.17) is 11.5 Å². The predicted octanol–water partition coefficient (Wildman–Crippen LogP) is -0.112. The van der Waals surface area contributed by atoms with Gasteiger partial charge in [-0.25, -0.2) is 9.97 Å². The molecule has 20 heavy (non-hydrogen) atoms. The largest absolute Gasteiger partial charge is 0.383 e. The molecular formula is C13H16N6O. The molecule has 104 valence electrons. The molecule has 1 aliphatic heterocycles. The number of nitrogen functional groups attached to an aromatic ring is 2. The van der Waals surface area contributed by atoms with Crippen LogP contribution >= 0.6 is 0 Å². The second kappa shape index (κ2) is 4.93. The van der Waals surface area contributed by atoms with Crippen molar-refractivity contribution in [2.24, 2.45) is 0 Å². The summed E-state index contributed by atoms with van der Waals surface area (Å²) in [7, 11) is 0. The fraction of sp³-hybridized carbons (Fsp3) is 0.308. The molecule has 0 atom stereocenters. The van der Waals surface area contributed by atoms with Crippen LogP contribution in [-0.2, 0) is 19.5 Å². The molecule has 0 saturated heterocycles. The van der Waals surface area contributed by atoms with Crippen molar-refractivity contribution < 1.29 is 0 Å². The van der Waals surface area contributed by atoms with Crippen molar-refractivity contribution in [3.8, 4) is 0 Å². The molecule has 3 heterocycles. The Balaban J connectivity index is 1.83. The maximum absolute atomic E-state index is 11.9. The van der Waals surface area contributed by atoms with Gasteiger partial charge in [0.1, 0.15) is 5.82 Å². The number of nitrogens with two attached hydrogens (primary N) is 2. The molecule has 0 saturated carbocycles. The maximum Gasteiger partial charge on any atom is 0.257 e. The average Bonchev–Trinajstić information content (AvgIpc) is 2.42. The number of hydrogen-bond donors (Lipinski definition) is 3. The third kappa shape index (κ3) is 2.35. The van der Waals surface area contributed by atoms with Crippen LogP contribution in [0.25, 0.3) is 0 Å². The Morgan fingerprint density at radius 2 is 2.25 bits per heavy atom. The van der Waals surface area contributed by atoms with Crippen LogP contribution in [0.5, 0.6) is 0 Å². The summed E-state index contributed by atoms with van der Waals surface area (Å²) in [6.07, 6.45) is 2.38. The van der Waals surface area contributed by atoms with E-state index < -0.39 is 0 Å². The molecule has 2 aromatic heterocycles. The second-order valence-corrected chi connectivity index (χ2v) is 4.88. The van der Waals surface area contributed by atoms with Gasteiger partial charge >= 0.3 is 0 Å². The molecule has 0 spiro atoms. The van der Waals surface area contributed by atoms with E-state index in [2.05, 4.69) is 19.9 Å². The number of nitrogens with zero attached hydrogens (tertiary/aromatic N) is 3. The Morgan fingerprint density at radius 1 is 1.40 bits per heavy atom. The molecule has 0 radical (unpaired) electrons. The van der Waals surface area contributed by atoms with Crippen LogP contribution in [0, 0.1) is 0 Å². The first-order valence-electron chi connectivity index (χ1n) is 6.43. The molecule has 0 bridgehead atoms. The van der Waals surface area contributed by atoms with Gasteiger partial charge in [-0.15, -0.1) is 0 Å². The minimum atomic E-state index is -0.156. The summed E-state index contributed by atoms with van der Waals surface area (Å²) in [5, 5.41) is 0. The summed E-state index contributed by atoms with van der Waals surface area (Å²) in [6, 6.07) is 3.81. The minimum Gasteiger partial charge on any atom is -0.383 e. The zero-order valence-corrected chi connectivity index (χ0v) is 11.0. The number of pyridine rings is 1. The van der Waals surface area contributed by atoms with E-state index in [1.807, 2.05) is 12.1 Å². The number of fused-ring (bicyclic) bond motifs is 1. The standard InChI is InChI=1S/C13H16N6O/c14-11-8(2-1-4-16-11)6-19-5-3-10-9(7-19)12(20)18-13(15)17-10/h1-2,4H,3,5-7H2,(H2,14,16)(H3,15,17,18,20). The molecule has 0 amide bonds. The summed E-state index contributed by atoms with van der Waals surface area (Å²) in [6.45, 7) is 2.03. The lowest BCUT2D eigenvalue weighted by Gasteiger charge is -2.27. The molecule has 0 fully saturated rings. The molecule has 1 aliphatic rings. The van der Waals surface area contributed by atoms with Crippen LogP contribution in [0.4, 0.5) is 11.8 Å². The fourth-order valence-electron chi connectivity index (χ4n) is 2.46. The quantitative estimate of drug-likeness (QED) is 0.702. The van der Waals surface area contributed by atoms with E-state index in [9.17, 15) is 4.79 Å². The van der Waals surface area contributed by atoms with E-state index in [0.717, 1.165) is 17.8 Å². The van der Waals surface area contributed by atoms with E-state index >= 15 is 0 Å². The molecular weight excluding hydrogens is 256 g/mol. The van der Waals surface area contributed by atoms with Crippen molar-refractivity contribution in [2.45, 2.75) is 19.5 Å². The zero-order chi connectivity index (χ0) is 14.1. The molecule has 0 aliphatic carbocycles. The Hall–Kier alpha value is -2.41. The molecule has 7 heteroatoms. The molecule has 2 aromatic rings. The van der Waals surface area contributed by atoms with Gasteiger partial charge in [0.15, 0.2) is 0 Å². The molecule has 5 N–H and O–H groups in total. The van der Waals surface area contributed by atoms with Crippen LogP contribution in [0.15, 0.2) is 23.1 Å². The number of aromatic amines is 1. The first kappa shape index (κ1) is 12.6. The van der Waals surface area contributed by atoms with Gasteiger partial charge in [0.05, 0.1) is 11.3 Å². The van der Waals surface area contributed by atoms with Gasteiger partial charge in [-0.2, -0.15) is 0 Å². The molecule has 3 rings (SSSR count). The smallest absolute Gasteiger partial charge is 0.257 e. The maximum atomic E-state index is 11.9. The summed E-state index contributed by atoms with van der Waals surface area (Å²) in [5.41, 5.74) is 13.7. The lowest BCUT2D eigenvalue weighted by atomic mass is 10.1. The number of anilines is 2. The van der Waals surface area contributed by atoms with Crippen molar-refractivity contribution in [1.29, 1.82) is 0 Å². The van der Waals surface area contributed by atoms with Gasteiger partial charge in [-0.1, -0.05) is 6.07 Å². The number of hydrogen-bond acceptors (Lipinski definition) is 6. The summed E-state index contributed by atoms with van der Waals surface area (Å²) in [5.74, 6) is 0.710. The normalized spacial score (nSPS) is 15.0. The van der Waals surface area contributed by atoms with Gasteiger partial charge in [0, 0.05) is 37.8 Å². The Morgan fingerprint density at radius 3 is 3.05 bits per heavy atom. The number of aromatic nitrogens is 3. The monoisotopic (exact) mass is 272 g/mol. The van der Waals surface area contributed by atoms with Crippen molar-refractivity contribution in [2.75, 3.05) is 18.0 Å². The van der Waals surface area contributed by atoms with E-state index in [1.54, 1.807) is 6.20 Å². The topological polar surface area (TPSA) is 114 Å². The number of rotatable bonds is 2. The zero-order valence-electron chi connectivity index (χ0n) is 11.0. The van der Waals surface area contributed by atoms with Crippen molar-refractivity contribution in [3.05, 3.63) is 45.5 Å². The highest BCUT2D eigenvalue weighted by molar-refractivity contribution is 5.38. The van der Waals surface area contributed by atoms with Gasteiger partial charge in [0.25, 0.3) is 5.56 Å². The van der Waals surface area contributed by atoms with Crippen LogP contribution in [-0.4, -0.2) is 26.4 Å². The number of nitrogens with one attached hydrogen (secondary N) is 1. The third-order valence-electron chi connectivity index (χ3n) is 3.49. The van der Waals surface area contributed by atoms with Crippen molar-refractivity contribution in [1.82, 2.24) is 19.9 Å². The second-order valence-electron chi connectivity index (χ2n) is 4.88. The highest BCUT2D eigenvalue weighted by atomic mass is 16.1. The Bertz CT molecular complexity index is 696. The first-order valence-corrected chi connectivity index (χ1v) is 6.43. The summed E-state index contributed by atoms with van der Waals surface area (Å²) in [4.78, 5) is 24.9. The molecule has 0 unspecified atom stereocenters. The highest BCUT2D eigenvalue weighted by Crippen LogP contribution is 2.18. The van der Waals surface area contributed by atoms with Gasteiger partial charge in [-0.3, -0.25) is 14.7 Å². The Kier molecular flexibility index (Phi) is 3.11. The van der Waals surface area contributed by atoms with Gasteiger partial charge < -0.3 is 11.5 Å². The fourth-order valence-corrected chi connectivity index (χ4v) is 2.46. The van der Waals surface area contributed by atoms with Crippen molar-refractivity contribution in [3.63, 3.8) is 0 Å². The number of H-pyrrole nitrogens is 1. The summed E-state index contributed by atoms with van der Waals surface area (Å²) < 4.78 is 0. The van der Waals surface area contributed by atoms with E-state index in [1.165, 1.54) is 0 Å². The summed E-state index contributed by atoms with van der Waals surface area (Å²) >= 11 is 0. The van der Waals surface area contributed by atoms with Crippen LogP contribution < -0.4 is 17.0 Å². The van der Waals surface area contributed by atoms with Crippen LogP contribution in [0.1, 0.15) is 16.8 Å². The van der Waals surface area contributed by atoms with Crippen LogP contribution in [0.2, 0.25) is 0 Å². The predicted molar refractivity (Wildman–Crippen MR) is 75.7 cm³/mol. The lowest BCUT2D eigenvalue weighted by Crippen LogP contribution is -2.35. The minimum absolute atomic E-state index is 0.156. The highest BCUT2D eigenvalue weighted by Gasteiger charge is 2.21. The lowest BCUT2D eigenvalue weighted by molar-refractivity contribution is 0.242. The Labute approximate surface area is 115 Å². The van der Waals surface area contributed by atoms with E-state index in [-0.39, 0.29) is 11.5 Å². The molecule has 0 aromatic carbocycles. The van der Waals surface area contributed by atoms with Gasteiger partial charge in [0.2, 0.25) is 5.95 Å². The average molecular weight is 272 g/mol. The van der Waals surface area contributed by atoms with Crippen LogP contribution in [0.3, 0.4) is 0 Å². The first-order chi connectivity index (χ1) is 9.63. The van der Waals surface area contributed by atoms with Gasteiger partial charge in [-0.05, 0) is 6.07 Å². The molecule has 7 nitrogen and oxygen atoms in total. The van der Waals surface area contributed by atoms with E-state index in [0.29, 0.717) is 30.9 Å². The van der Waals surface area contributed by atoms with Crippen molar-refractivity contribution >= 4 is 11.8 Å². The third-order valence-corrected chi connectivity index (χ3v) is 3.49.